The van der Waals surface area contributed by atoms with E-state index in [0.29, 0.717) is 28.1 Å². The second-order valence-corrected chi connectivity index (χ2v) is 5.14. The zero-order chi connectivity index (χ0) is 13.0. The maximum Gasteiger partial charge on any atom is 0.241 e. The van der Waals surface area contributed by atoms with Gasteiger partial charge in [-0.1, -0.05) is 43.1 Å². The van der Waals surface area contributed by atoms with Crippen LogP contribution in [0.25, 0.3) is 0 Å². The molecule has 0 saturated heterocycles. The molecule has 0 heterocycles. The van der Waals surface area contributed by atoms with Gasteiger partial charge in [0.1, 0.15) is 0 Å². The Hall–Kier alpha value is -0.770. The van der Waals surface area contributed by atoms with E-state index in [9.17, 15) is 4.79 Å². The van der Waals surface area contributed by atoms with Crippen molar-refractivity contribution in [2.24, 2.45) is 11.7 Å². The molecule has 1 atom stereocenters. The summed E-state index contributed by atoms with van der Waals surface area (Å²) in [6, 6.07) is 4.49. The van der Waals surface area contributed by atoms with Gasteiger partial charge in [0, 0.05) is 0 Å². The summed E-state index contributed by atoms with van der Waals surface area (Å²) in [5, 5.41) is 3.47. The summed E-state index contributed by atoms with van der Waals surface area (Å²) in [4.78, 5) is 11.8. The van der Waals surface area contributed by atoms with Gasteiger partial charge in [0.2, 0.25) is 5.91 Å². The SMILES string of the molecule is CC(C)C[C@@H](N)C(=O)Nc1c(Cl)cccc1Cl. The Morgan fingerprint density at radius 1 is 1.35 bits per heavy atom. The van der Waals surface area contributed by atoms with E-state index in [1.54, 1.807) is 18.2 Å². The molecule has 0 aliphatic heterocycles. The molecule has 0 aliphatic rings. The van der Waals surface area contributed by atoms with Crippen LogP contribution in [0, 0.1) is 5.92 Å². The number of nitrogens with two attached hydrogens (primary N) is 1. The van der Waals surface area contributed by atoms with Crippen LogP contribution in [-0.2, 0) is 4.79 Å². The van der Waals surface area contributed by atoms with E-state index in [4.69, 9.17) is 28.9 Å². The van der Waals surface area contributed by atoms with Gasteiger partial charge in [0.15, 0.2) is 0 Å². The molecular formula is C12H16Cl2N2O. The van der Waals surface area contributed by atoms with Crippen LogP contribution in [0.1, 0.15) is 20.3 Å². The second-order valence-electron chi connectivity index (χ2n) is 4.32. The number of carbonyl (C=O) groups excluding carboxylic acids is 1. The van der Waals surface area contributed by atoms with Crippen molar-refractivity contribution in [2.45, 2.75) is 26.3 Å². The van der Waals surface area contributed by atoms with Gasteiger partial charge in [-0.15, -0.1) is 0 Å². The van der Waals surface area contributed by atoms with Crippen molar-refractivity contribution >= 4 is 34.8 Å². The van der Waals surface area contributed by atoms with Crippen LogP contribution in [0.5, 0.6) is 0 Å². The summed E-state index contributed by atoms with van der Waals surface area (Å²) in [5.74, 6) is 0.0890. The van der Waals surface area contributed by atoms with Crippen molar-refractivity contribution in [3.8, 4) is 0 Å². The van der Waals surface area contributed by atoms with Gasteiger partial charge >= 0.3 is 0 Å². The Balaban J connectivity index is 2.74. The van der Waals surface area contributed by atoms with Gasteiger partial charge in [0.25, 0.3) is 0 Å². The topological polar surface area (TPSA) is 55.1 Å². The van der Waals surface area contributed by atoms with Crippen molar-refractivity contribution < 1.29 is 4.79 Å². The highest BCUT2D eigenvalue weighted by atomic mass is 35.5. The predicted molar refractivity (Wildman–Crippen MR) is 72.5 cm³/mol. The first-order valence-electron chi connectivity index (χ1n) is 5.42. The zero-order valence-corrected chi connectivity index (χ0v) is 11.3. The number of hydrogen-bond acceptors (Lipinski definition) is 2. The molecule has 0 spiro atoms. The number of halogens is 2. The first kappa shape index (κ1) is 14.3. The lowest BCUT2D eigenvalue weighted by Crippen LogP contribution is -2.36. The lowest BCUT2D eigenvalue weighted by Gasteiger charge is -2.15. The van der Waals surface area contributed by atoms with Crippen molar-refractivity contribution in [2.75, 3.05) is 5.32 Å². The average Bonchev–Trinajstić information content (AvgIpc) is 2.22. The maximum absolute atomic E-state index is 11.8. The molecule has 1 aromatic carbocycles. The fraction of sp³-hybridized carbons (Fsp3) is 0.417. The van der Waals surface area contributed by atoms with E-state index >= 15 is 0 Å². The average molecular weight is 275 g/mol. The Morgan fingerprint density at radius 3 is 2.35 bits per heavy atom. The number of para-hydroxylation sites is 1. The van der Waals surface area contributed by atoms with Gasteiger partial charge in [-0.05, 0) is 24.5 Å². The summed E-state index contributed by atoms with van der Waals surface area (Å²) in [7, 11) is 0. The molecular weight excluding hydrogens is 259 g/mol. The first-order valence-corrected chi connectivity index (χ1v) is 6.18. The van der Waals surface area contributed by atoms with Crippen molar-refractivity contribution in [3.63, 3.8) is 0 Å². The third-order valence-corrected chi connectivity index (χ3v) is 2.90. The first-order chi connectivity index (χ1) is 7.91. The third-order valence-electron chi connectivity index (χ3n) is 2.27. The molecule has 1 aromatic rings. The number of anilines is 1. The smallest absolute Gasteiger partial charge is 0.241 e. The van der Waals surface area contributed by atoms with Gasteiger partial charge in [-0.3, -0.25) is 4.79 Å². The Bertz CT molecular complexity index is 387. The molecule has 1 rings (SSSR count). The van der Waals surface area contributed by atoms with Crippen LogP contribution in [-0.4, -0.2) is 11.9 Å². The summed E-state index contributed by atoms with van der Waals surface area (Å²) in [6.45, 7) is 4.02. The number of hydrogen-bond donors (Lipinski definition) is 2. The zero-order valence-electron chi connectivity index (χ0n) is 9.84. The van der Waals surface area contributed by atoms with E-state index in [0.717, 1.165) is 0 Å². The van der Waals surface area contributed by atoms with Crippen LogP contribution in [0.4, 0.5) is 5.69 Å². The van der Waals surface area contributed by atoms with Crippen LogP contribution in [0.15, 0.2) is 18.2 Å². The fourth-order valence-corrected chi connectivity index (χ4v) is 1.94. The summed E-state index contributed by atoms with van der Waals surface area (Å²) in [6.07, 6.45) is 0.619. The minimum atomic E-state index is -0.553. The highest BCUT2D eigenvalue weighted by Crippen LogP contribution is 2.29. The van der Waals surface area contributed by atoms with E-state index in [2.05, 4.69) is 5.32 Å². The molecule has 17 heavy (non-hydrogen) atoms. The number of carbonyl (C=O) groups is 1. The van der Waals surface area contributed by atoms with E-state index in [1.165, 1.54) is 0 Å². The highest BCUT2D eigenvalue weighted by molar-refractivity contribution is 6.39. The van der Waals surface area contributed by atoms with Gasteiger partial charge in [0.05, 0.1) is 21.8 Å². The highest BCUT2D eigenvalue weighted by Gasteiger charge is 2.17. The molecule has 0 aliphatic carbocycles. The monoisotopic (exact) mass is 274 g/mol. The summed E-state index contributed by atoms with van der Waals surface area (Å²) < 4.78 is 0. The van der Waals surface area contributed by atoms with Crippen LogP contribution in [0.2, 0.25) is 10.0 Å². The van der Waals surface area contributed by atoms with E-state index in [1.807, 2.05) is 13.8 Å². The molecule has 0 unspecified atom stereocenters. The van der Waals surface area contributed by atoms with Gasteiger partial charge < -0.3 is 11.1 Å². The number of amides is 1. The second kappa shape index (κ2) is 6.24. The quantitative estimate of drug-likeness (QED) is 0.885. The summed E-state index contributed by atoms with van der Waals surface area (Å²) >= 11 is 11.9. The van der Waals surface area contributed by atoms with Crippen LogP contribution >= 0.6 is 23.2 Å². The number of benzene rings is 1. The molecule has 0 radical (unpaired) electrons. The minimum Gasteiger partial charge on any atom is -0.322 e. The molecule has 0 aromatic heterocycles. The Morgan fingerprint density at radius 2 is 1.88 bits per heavy atom. The standard InChI is InChI=1S/C12H16Cl2N2O/c1-7(2)6-10(15)12(17)16-11-8(13)4-3-5-9(11)14/h3-5,7,10H,6,15H2,1-2H3,(H,16,17)/t10-/m1/s1. The molecule has 94 valence electrons. The largest absolute Gasteiger partial charge is 0.322 e. The molecule has 0 saturated carbocycles. The van der Waals surface area contributed by atoms with Crippen molar-refractivity contribution in [1.82, 2.24) is 0 Å². The summed E-state index contributed by atoms with van der Waals surface area (Å²) in [5.41, 5.74) is 6.18. The minimum absolute atomic E-state index is 0.270. The normalized spacial score (nSPS) is 12.6. The van der Waals surface area contributed by atoms with Crippen LogP contribution < -0.4 is 11.1 Å². The predicted octanol–water partition coefficient (Wildman–Crippen LogP) is 3.31. The van der Waals surface area contributed by atoms with Crippen molar-refractivity contribution in [3.05, 3.63) is 28.2 Å². The molecule has 3 nitrogen and oxygen atoms in total. The Labute approximate surface area is 111 Å². The number of rotatable bonds is 4. The van der Waals surface area contributed by atoms with Crippen LogP contribution in [0.3, 0.4) is 0 Å². The van der Waals surface area contributed by atoms with Gasteiger partial charge in [-0.25, -0.2) is 0 Å². The molecule has 0 bridgehead atoms. The third kappa shape index (κ3) is 4.19. The molecule has 5 heteroatoms. The fourth-order valence-electron chi connectivity index (χ4n) is 1.45. The van der Waals surface area contributed by atoms with Gasteiger partial charge in [-0.2, -0.15) is 0 Å². The van der Waals surface area contributed by atoms with E-state index in [-0.39, 0.29) is 5.91 Å². The molecule has 1 amide bonds. The van der Waals surface area contributed by atoms with Crippen molar-refractivity contribution in [1.29, 1.82) is 0 Å². The lowest BCUT2D eigenvalue weighted by atomic mass is 10.0. The maximum atomic E-state index is 11.8. The number of nitrogens with one attached hydrogen (secondary N) is 1. The molecule has 0 fully saturated rings. The van der Waals surface area contributed by atoms with E-state index < -0.39 is 6.04 Å². The lowest BCUT2D eigenvalue weighted by molar-refractivity contribution is -0.117. The Kier molecular flexibility index (Phi) is 5.25. The molecule has 3 N–H and O–H groups in total.